The Labute approximate surface area is 166 Å². The fourth-order valence-corrected chi connectivity index (χ4v) is 3.04. The average Bonchev–Trinajstić information content (AvgIpc) is 3.16. The van der Waals surface area contributed by atoms with Crippen molar-refractivity contribution in [3.63, 3.8) is 0 Å². The minimum absolute atomic E-state index is 1.02. The molecule has 5 nitrogen and oxygen atoms in total. The molecule has 0 N–H and O–H groups in total. The first-order valence-corrected chi connectivity index (χ1v) is 9.93. The maximum atomic E-state index is 10.7. The zero-order valence-electron chi connectivity index (χ0n) is 15.3. The van der Waals surface area contributed by atoms with E-state index < -0.39 is 15.6 Å². The third-order valence-electron chi connectivity index (χ3n) is 4.38. The van der Waals surface area contributed by atoms with Crippen molar-refractivity contribution in [1.82, 2.24) is 4.68 Å². The molecule has 0 radical (unpaired) electrons. The fourth-order valence-electron chi connectivity index (χ4n) is 3.04. The van der Waals surface area contributed by atoms with Gasteiger partial charge in [-0.3, -0.25) is 0 Å². The molecule has 0 aliphatic carbocycles. The summed E-state index contributed by atoms with van der Waals surface area (Å²) in [7, 11) is -3.97. The van der Waals surface area contributed by atoms with E-state index in [0.717, 1.165) is 6.42 Å². The maximum absolute atomic E-state index is 10.7. The molecule has 1 aliphatic rings. The summed E-state index contributed by atoms with van der Waals surface area (Å²) < 4.78 is 63.4. The predicted molar refractivity (Wildman–Crippen MR) is 101 cm³/mol. The standard InChI is InChI=1S/C19H17N2.CHF3O3S/c1-20-17(12-11-15-7-3-2-4-8-15)14-18-13-16-9-5-6-10-19(16)21(18)20;2-1(3,4)8(5,6)7/h2-12,14H,13H2,1H3;(H,5,6,7)/q+1;/p-1. The van der Waals surface area contributed by atoms with Crippen molar-refractivity contribution in [3.05, 3.63) is 83.2 Å². The van der Waals surface area contributed by atoms with Crippen LogP contribution in [-0.2, 0) is 23.6 Å². The lowest BCUT2D eigenvalue weighted by Crippen LogP contribution is -2.39. The SMILES string of the molecule is C[n+]1c(C=Cc2ccccc2)cc2n1-c1ccccc1C2.O=S(=O)([O-])C(F)(F)F. The van der Waals surface area contributed by atoms with Gasteiger partial charge in [0.2, 0.25) is 5.69 Å². The Hall–Kier alpha value is -2.91. The van der Waals surface area contributed by atoms with Crippen LogP contribution in [0.3, 0.4) is 0 Å². The molecule has 0 unspecified atom stereocenters. The van der Waals surface area contributed by atoms with Crippen molar-refractivity contribution in [3.8, 4) is 5.69 Å². The molecule has 29 heavy (non-hydrogen) atoms. The number of halogens is 3. The van der Waals surface area contributed by atoms with E-state index in [0.29, 0.717) is 0 Å². The van der Waals surface area contributed by atoms with E-state index in [1.54, 1.807) is 0 Å². The Morgan fingerprint density at radius 2 is 1.62 bits per heavy atom. The summed E-state index contributed by atoms with van der Waals surface area (Å²) in [5.74, 6) is 0. The molecule has 3 aromatic rings. The molecule has 152 valence electrons. The van der Waals surface area contributed by atoms with Crippen molar-refractivity contribution >= 4 is 22.3 Å². The number of fused-ring (bicyclic) bond motifs is 3. The van der Waals surface area contributed by atoms with Crippen molar-refractivity contribution in [2.45, 2.75) is 11.9 Å². The van der Waals surface area contributed by atoms with E-state index in [1.165, 1.54) is 28.2 Å². The summed E-state index contributed by atoms with van der Waals surface area (Å²) >= 11 is 0. The predicted octanol–water partition coefficient (Wildman–Crippen LogP) is 3.43. The molecule has 0 spiro atoms. The van der Waals surface area contributed by atoms with E-state index in [1.807, 2.05) is 6.07 Å². The summed E-state index contributed by atoms with van der Waals surface area (Å²) in [4.78, 5) is 0. The molecule has 0 saturated heterocycles. The van der Waals surface area contributed by atoms with Crippen molar-refractivity contribution in [2.75, 3.05) is 0 Å². The quantitative estimate of drug-likeness (QED) is 0.282. The molecule has 0 bridgehead atoms. The van der Waals surface area contributed by atoms with Crippen LogP contribution in [0.1, 0.15) is 22.5 Å². The monoisotopic (exact) mass is 422 g/mol. The van der Waals surface area contributed by atoms with Gasteiger partial charge in [-0.1, -0.05) is 48.5 Å². The minimum Gasteiger partial charge on any atom is -0.741 e. The number of alkyl halides is 3. The molecule has 0 saturated carbocycles. The molecule has 2 heterocycles. The van der Waals surface area contributed by atoms with Gasteiger partial charge in [0.15, 0.2) is 17.2 Å². The lowest BCUT2D eigenvalue weighted by molar-refractivity contribution is -0.745. The van der Waals surface area contributed by atoms with Crippen LogP contribution in [0.15, 0.2) is 60.7 Å². The Kier molecular flexibility index (Phi) is 5.63. The maximum Gasteiger partial charge on any atom is 0.485 e. The van der Waals surface area contributed by atoms with Gasteiger partial charge in [-0.25, -0.2) is 8.42 Å². The number of hydrogen-bond acceptors (Lipinski definition) is 3. The number of rotatable bonds is 2. The lowest BCUT2D eigenvalue weighted by Gasteiger charge is -2.08. The van der Waals surface area contributed by atoms with Crippen LogP contribution < -0.4 is 4.68 Å². The van der Waals surface area contributed by atoms with Crippen LogP contribution in [0.5, 0.6) is 0 Å². The van der Waals surface area contributed by atoms with E-state index >= 15 is 0 Å². The van der Waals surface area contributed by atoms with Crippen LogP contribution in [-0.4, -0.2) is 23.2 Å². The van der Waals surface area contributed by atoms with Gasteiger partial charge in [0, 0.05) is 18.6 Å². The van der Waals surface area contributed by atoms with E-state index in [4.69, 9.17) is 13.0 Å². The highest BCUT2D eigenvalue weighted by molar-refractivity contribution is 7.86. The Bertz CT molecular complexity index is 1150. The second-order valence-corrected chi connectivity index (χ2v) is 7.72. The van der Waals surface area contributed by atoms with Gasteiger partial charge in [-0.15, -0.1) is 9.36 Å². The molecule has 1 aliphatic heterocycles. The summed E-state index contributed by atoms with van der Waals surface area (Å²) in [6.45, 7) is 0. The highest BCUT2D eigenvalue weighted by Crippen LogP contribution is 2.26. The largest absolute Gasteiger partial charge is 0.741 e. The van der Waals surface area contributed by atoms with Crippen molar-refractivity contribution < 1.29 is 30.8 Å². The molecule has 4 rings (SSSR count). The fraction of sp³-hybridized carbons (Fsp3) is 0.150. The Morgan fingerprint density at radius 3 is 2.24 bits per heavy atom. The lowest BCUT2D eigenvalue weighted by atomic mass is 10.1. The average molecular weight is 422 g/mol. The molecular weight excluding hydrogens is 405 g/mol. The number of para-hydroxylation sites is 1. The Morgan fingerprint density at radius 1 is 1.03 bits per heavy atom. The van der Waals surface area contributed by atoms with Gasteiger partial charge < -0.3 is 4.55 Å². The van der Waals surface area contributed by atoms with Gasteiger partial charge >= 0.3 is 5.51 Å². The number of nitrogens with zero attached hydrogens (tertiary/aromatic N) is 2. The highest BCUT2D eigenvalue weighted by Gasteiger charge is 2.36. The first-order chi connectivity index (χ1) is 13.6. The number of aromatic nitrogens is 2. The normalized spacial score (nSPS) is 13.0. The van der Waals surface area contributed by atoms with Crippen LogP contribution >= 0.6 is 0 Å². The summed E-state index contributed by atoms with van der Waals surface area (Å²) in [5.41, 5.74) is 0.863. The summed E-state index contributed by atoms with van der Waals surface area (Å²) in [6, 6.07) is 21.3. The molecular formula is C20H17F3N2O3S. The molecule has 0 fully saturated rings. The van der Waals surface area contributed by atoms with Crippen molar-refractivity contribution in [1.29, 1.82) is 0 Å². The first kappa shape index (κ1) is 20.8. The van der Waals surface area contributed by atoms with E-state index in [9.17, 15) is 13.2 Å². The van der Waals surface area contributed by atoms with E-state index in [-0.39, 0.29) is 0 Å². The van der Waals surface area contributed by atoms with Gasteiger partial charge in [-0.2, -0.15) is 13.2 Å². The highest BCUT2D eigenvalue weighted by atomic mass is 32.2. The van der Waals surface area contributed by atoms with Crippen LogP contribution in [0.4, 0.5) is 13.2 Å². The third kappa shape index (κ3) is 4.57. The van der Waals surface area contributed by atoms with Crippen LogP contribution in [0.25, 0.3) is 17.8 Å². The topological polar surface area (TPSA) is 66.0 Å². The first-order valence-electron chi connectivity index (χ1n) is 8.52. The molecule has 1 aromatic heterocycles. The van der Waals surface area contributed by atoms with Gasteiger partial charge in [0.1, 0.15) is 5.69 Å². The van der Waals surface area contributed by atoms with Crippen molar-refractivity contribution in [2.24, 2.45) is 7.05 Å². The van der Waals surface area contributed by atoms with Crippen LogP contribution in [0, 0.1) is 0 Å². The second kappa shape index (κ2) is 7.84. The van der Waals surface area contributed by atoms with Crippen LogP contribution in [0.2, 0.25) is 0 Å². The number of benzene rings is 2. The molecule has 0 amide bonds. The van der Waals surface area contributed by atoms with Gasteiger partial charge in [-0.05, 0) is 23.3 Å². The molecule has 0 atom stereocenters. The minimum atomic E-state index is -6.09. The third-order valence-corrected chi connectivity index (χ3v) is 4.95. The summed E-state index contributed by atoms with van der Waals surface area (Å²) in [6.07, 6.45) is 5.36. The van der Waals surface area contributed by atoms with Gasteiger partial charge in [0.05, 0.1) is 5.69 Å². The zero-order valence-corrected chi connectivity index (χ0v) is 16.1. The molecule has 2 aromatic carbocycles. The zero-order chi connectivity index (χ0) is 21.2. The van der Waals surface area contributed by atoms with Gasteiger partial charge in [0.25, 0.3) is 0 Å². The Balaban J connectivity index is 0.000000258. The molecule has 9 heteroatoms. The van der Waals surface area contributed by atoms with E-state index in [2.05, 4.69) is 83.2 Å². The smallest absolute Gasteiger partial charge is 0.485 e. The number of hydrogen-bond donors (Lipinski definition) is 0. The summed E-state index contributed by atoms with van der Waals surface area (Å²) in [5, 5.41) is 0. The second-order valence-electron chi connectivity index (χ2n) is 6.35.